The third-order valence-electron chi connectivity index (χ3n) is 5.52. The highest BCUT2D eigenvalue weighted by atomic mass is 31.2. The molecule has 1 unspecified atom stereocenters. The maximum absolute atomic E-state index is 12.2. The van der Waals surface area contributed by atoms with Gasteiger partial charge in [-0.15, -0.1) is 0 Å². The van der Waals surface area contributed by atoms with Crippen molar-refractivity contribution in [3.63, 3.8) is 0 Å². The molecule has 0 aliphatic heterocycles. The molecule has 0 rings (SSSR count). The number of carbonyl (C=O) groups excluding carboxylic acids is 2. The van der Waals surface area contributed by atoms with Crippen molar-refractivity contribution >= 4 is 19.8 Å². The molecule has 0 saturated carbocycles. The number of esters is 2. The monoisotopic (exact) mass is 520 g/mol. The molecule has 0 aromatic rings. The molecule has 0 aromatic carbocycles. The van der Waals surface area contributed by atoms with Crippen LogP contribution in [0.5, 0.6) is 0 Å². The average Bonchev–Trinajstić information content (AvgIpc) is 2.81. The summed E-state index contributed by atoms with van der Waals surface area (Å²) < 4.78 is 25.9. The van der Waals surface area contributed by atoms with Crippen LogP contribution in [0.4, 0.5) is 0 Å². The van der Waals surface area contributed by atoms with Crippen molar-refractivity contribution in [1.29, 1.82) is 0 Å². The van der Waals surface area contributed by atoms with Crippen molar-refractivity contribution in [3.8, 4) is 0 Å². The Hall–Kier alpha value is -1.21. The number of phosphoric acid groups is 1. The van der Waals surface area contributed by atoms with Crippen LogP contribution in [0.25, 0.3) is 0 Å². The highest BCUT2D eigenvalue weighted by Crippen LogP contribution is 2.35. The van der Waals surface area contributed by atoms with Crippen molar-refractivity contribution < 1.29 is 37.9 Å². The zero-order valence-corrected chi connectivity index (χ0v) is 22.9. The first-order chi connectivity index (χ1) is 16.8. The number of unbranched alkanes of at least 4 members (excludes halogenated alkanes) is 12. The lowest BCUT2D eigenvalue weighted by molar-refractivity contribution is -0.161. The molecule has 1 atom stereocenters. The molecule has 0 aromatic heterocycles. The number of phosphoric ester groups is 1. The van der Waals surface area contributed by atoms with E-state index in [0.717, 1.165) is 64.2 Å². The second-order valence-electron chi connectivity index (χ2n) is 9.02. The first kappa shape index (κ1) is 33.8. The largest absolute Gasteiger partial charge is 0.469 e. The maximum Gasteiger partial charge on any atom is 0.469 e. The molecule has 0 bridgehead atoms. The SMILES string of the molecule is CCC/C=C\CCCCCCCC(=O)OC(COC(=O)CCCCCCCCC)COP(=O)(O)O. The first-order valence-corrected chi connectivity index (χ1v) is 15.0. The number of hydrogen-bond donors (Lipinski definition) is 2. The number of carbonyl (C=O) groups is 2. The smallest absolute Gasteiger partial charge is 0.462 e. The van der Waals surface area contributed by atoms with Gasteiger partial charge < -0.3 is 19.3 Å². The highest BCUT2D eigenvalue weighted by molar-refractivity contribution is 7.46. The van der Waals surface area contributed by atoms with Gasteiger partial charge in [0.05, 0.1) is 6.61 Å². The van der Waals surface area contributed by atoms with Gasteiger partial charge in [0.2, 0.25) is 0 Å². The van der Waals surface area contributed by atoms with E-state index in [1.54, 1.807) is 0 Å². The Morgan fingerprint density at radius 3 is 1.86 bits per heavy atom. The topological polar surface area (TPSA) is 119 Å². The summed E-state index contributed by atoms with van der Waals surface area (Å²) in [5.74, 6) is -0.907. The standard InChI is InChI=1S/C26H49O8P/c1-3-5-7-9-11-12-13-15-17-19-21-26(28)34-24(23-33-35(29,30)31)22-32-25(27)20-18-16-14-10-8-6-4-2/h7,9,24H,3-6,8,10-23H2,1-2H3,(H2,29,30,31)/b9-7-. The van der Waals surface area contributed by atoms with Gasteiger partial charge in [-0.2, -0.15) is 0 Å². The summed E-state index contributed by atoms with van der Waals surface area (Å²) in [6, 6.07) is 0. The average molecular weight is 521 g/mol. The van der Waals surface area contributed by atoms with Crippen LogP contribution in [0, 0.1) is 0 Å². The van der Waals surface area contributed by atoms with Crippen molar-refractivity contribution in [2.75, 3.05) is 13.2 Å². The van der Waals surface area contributed by atoms with Crippen molar-refractivity contribution in [2.45, 2.75) is 129 Å². The molecule has 0 fully saturated rings. The molecule has 0 aliphatic rings. The third kappa shape index (κ3) is 25.7. The van der Waals surface area contributed by atoms with Crippen LogP contribution in [0.15, 0.2) is 12.2 Å². The molecule has 0 spiro atoms. The van der Waals surface area contributed by atoms with E-state index in [4.69, 9.17) is 19.3 Å². The summed E-state index contributed by atoms with van der Waals surface area (Å²) in [5.41, 5.74) is 0. The number of ether oxygens (including phenoxy) is 2. The lowest BCUT2D eigenvalue weighted by Gasteiger charge is -2.18. The lowest BCUT2D eigenvalue weighted by Crippen LogP contribution is -2.29. The van der Waals surface area contributed by atoms with Gasteiger partial charge >= 0.3 is 19.8 Å². The van der Waals surface area contributed by atoms with E-state index in [1.807, 2.05) is 0 Å². The van der Waals surface area contributed by atoms with Gasteiger partial charge in [-0.1, -0.05) is 90.2 Å². The van der Waals surface area contributed by atoms with Crippen LogP contribution in [-0.2, 0) is 28.2 Å². The minimum absolute atomic E-state index is 0.203. The van der Waals surface area contributed by atoms with E-state index >= 15 is 0 Å². The quantitative estimate of drug-likeness (QED) is 0.0619. The summed E-state index contributed by atoms with van der Waals surface area (Å²) in [6.07, 6.45) is 19.7. The number of allylic oxidation sites excluding steroid dienone is 2. The van der Waals surface area contributed by atoms with Gasteiger partial charge in [-0.3, -0.25) is 14.1 Å². The maximum atomic E-state index is 12.2. The number of rotatable bonds is 24. The Labute approximate surface area is 212 Å². The first-order valence-electron chi connectivity index (χ1n) is 13.5. The van der Waals surface area contributed by atoms with E-state index < -0.39 is 32.5 Å². The zero-order chi connectivity index (χ0) is 26.2. The molecular formula is C26H49O8P. The molecular weight excluding hydrogens is 471 g/mol. The van der Waals surface area contributed by atoms with Gasteiger partial charge in [-0.05, 0) is 32.1 Å². The van der Waals surface area contributed by atoms with Crippen LogP contribution >= 0.6 is 7.82 Å². The Morgan fingerprint density at radius 2 is 1.26 bits per heavy atom. The van der Waals surface area contributed by atoms with Crippen molar-refractivity contribution in [2.24, 2.45) is 0 Å². The minimum Gasteiger partial charge on any atom is -0.462 e. The molecule has 0 aliphatic carbocycles. The van der Waals surface area contributed by atoms with Crippen LogP contribution in [0.1, 0.15) is 123 Å². The van der Waals surface area contributed by atoms with Crippen LogP contribution in [0.2, 0.25) is 0 Å². The summed E-state index contributed by atoms with van der Waals surface area (Å²) in [7, 11) is -4.73. The number of hydrogen-bond acceptors (Lipinski definition) is 6. The van der Waals surface area contributed by atoms with Gasteiger partial charge in [0.1, 0.15) is 6.61 Å². The Morgan fingerprint density at radius 1 is 0.714 bits per heavy atom. The fourth-order valence-electron chi connectivity index (χ4n) is 3.49. The second-order valence-corrected chi connectivity index (χ2v) is 10.3. The Kier molecular flexibility index (Phi) is 22.4. The Balaban J connectivity index is 4.14. The van der Waals surface area contributed by atoms with E-state index in [-0.39, 0.29) is 19.4 Å². The molecule has 8 nitrogen and oxygen atoms in total. The summed E-state index contributed by atoms with van der Waals surface area (Å²) >= 11 is 0. The predicted molar refractivity (Wildman–Crippen MR) is 138 cm³/mol. The molecule has 0 saturated heterocycles. The fraction of sp³-hybridized carbons (Fsp3) is 0.846. The molecule has 0 heterocycles. The van der Waals surface area contributed by atoms with Gasteiger partial charge in [0.15, 0.2) is 6.10 Å². The van der Waals surface area contributed by atoms with Gasteiger partial charge in [0, 0.05) is 12.8 Å². The highest BCUT2D eigenvalue weighted by Gasteiger charge is 2.22. The lowest BCUT2D eigenvalue weighted by atomic mass is 10.1. The Bertz CT molecular complexity index is 602. The van der Waals surface area contributed by atoms with Crippen LogP contribution in [0.3, 0.4) is 0 Å². The molecule has 2 N–H and O–H groups in total. The molecule has 35 heavy (non-hydrogen) atoms. The van der Waals surface area contributed by atoms with Gasteiger partial charge in [0.25, 0.3) is 0 Å². The van der Waals surface area contributed by atoms with Crippen LogP contribution in [-0.4, -0.2) is 41.0 Å². The van der Waals surface area contributed by atoms with E-state index in [2.05, 4.69) is 30.5 Å². The summed E-state index contributed by atoms with van der Waals surface area (Å²) in [6.45, 7) is 3.51. The van der Waals surface area contributed by atoms with E-state index in [9.17, 15) is 14.2 Å². The third-order valence-corrected chi connectivity index (χ3v) is 6.00. The summed E-state index contributed by atoms with van der Waals surface area (Å²) in [4.78, 5) is 42.0. The normalized spacial score (nSPS) is 12.7. The molecule has 206 valence electrons. The molecule has 0 radical (unpaired) electrons. The fourth-order valence-corrected chi connectivity index (χ4v) is 3.85. The van der Waals surface area contributed by atoms with E-state index in [1.165, 1.54) is 25.7 Å². The minimum atomic E-state index is -4.73. The zero-order valence-electron chi connectivity index (χ0n) is 22.0. The van der Waals surface area contributed by atoms with Crippen LogP contribution < -0.4 is 0 Å². The van der Waals surface area contributed by atoms with Crippen molar-refractivity contribution in [3.05, 3.63) is 12.2 Å². The molecule has 0 amide bonds. The van der Waals surface area contributed by atoms with Crippen molar-refractivity contribution in [1.82, 2.24) is 0 Å². The second kappa shape index (κ2) is 23.2. The predicted octanol–water partition coefficient (Wildman–Crippen LogP) is 6.78. The van der Waals surface area contributed by atoms with E-state index in [0.29, 0.717) is 6.42 Å². The summed E-state index contributed by atoms with van der Waals surface area (Å²) in [5, 5.41) is 0. The molecule has 9 heteroatoms. The van der Waals surface area contributed by atoms with Gasteiger partial charge in [-0.25, -0.2) is 4.57 Å².